The van der Waals surface area contributed by atoms with Crippen molar-refractivity contribution in [2.45, 2.75) is 6.92 Å². The average Bonchev–Trinajstić information content (AvgIpc) is 2.26. The van der Waals surface area contributed by atoms with Gasteiger partial charge in [-0.3, -0.25) is 10.1 Å². The zero-order valence-corrected chi connectivity index (χ0v) is 10.5. The molecule has 2 aromatic rings. The van der Waals surface area contributed by atoms with E-state index in [1.807, 2.05) is 0 Å². The molecule has 7 heteroatoms. The fourth-order valence-corrected chi connectivity index (χ4v) is 1.67. The predicted molar refractivity (Wildman–Crippen MR) is 66.1 cm³/mol. The summed E-state index contributed by atoms with van der Waals surface area (Å²) in [5, 5.41) is 2.45. The van der Waals surface area contributed by atoms with Crippen molar-refractivity contribution in [3.8, 4) is 0 Å². The van der Waals surface area contributed by atoms with Gasteiger partial charge in [0.15, 0.2) is 0 Å². The Morgan fingerprint density at radius 3 is 2.63 bits per heavy atom. The van der Waals surface area contributed by atoms with Crippen LogP contribution < -0.4 is 5.32 Å². The molecule has 0 saturated heterocycles. The Morgan fingerprint density at radius 2 is 2.00 bits per heavy atom. The summed E-state index contributed by atoms with van der Waals surface area (Å²) >= 11 is 5.71. The number of anilines is 1. The summed E-state index contributed by atoms with van der Waals surface area (Å²) < 4.78 is 26.1. The number of aryl methyl sites for hydroxylation is 1. The standard InChI is InChI=1S/C12H8ClF2N3O/c1-6-4-10(13)17-12(16-6)18-11(19)8-3-2-7(14)5-9(8)15/h2-5H,1H3,(H,16,17,18,19). The number of amides is 1. The Morgan fingerprint density at radius 1 is 1.26 bits per heavy atom. The maximum atomic E-state index is 13.4. The summed E-state index contributed by atoms with van der Waals surface area (Å²) in [5.41, 5.74) is 0.248. The summed E-state index contributed by atoms with van der Waals surface area (Å²) in [5.74, 6) is -2.54. The normalized spacial score (nSPS) is 10.3. The summed E-state index contributed by atoms with van der Waals surface area (Å²) in [6.45, 7) is 1.67. The molecule has 0 atom stereocenters. The van der Waals surface area contributed by atoms with Crippen LogP contribution in [-0.2, 0) is 0 Å². The fourth-order valence-electron chi connectivity index (χ4n) is 1.43. The van der Waals surface area contributed by atoms with Gasteiger partial charge in [-0.05, 0) is 25.1 Å². The molecule has 1 aromatic carbocycles. The molecule has 0 bridgehead atoms. The highest BCUT2D eigenvalue weighted by atomic mass is 35.5. The molecule has 1 amide bonds. The quantitative estimate of drug-likeness (QED) is 0.862. The third-order valence-corrected chi connectivity index (χ3v) is 2.42. The van der Waals surface area contributed by atoms with E-state index in [0.29, 0.717) is 11.8 Å². The molecule has 1 N–H and O–H groups in total. The van der Waals surface area contributed by atoms with Gasteiger partial charge in [0, 0.05) is 11.8 Å². The van der Waals surface area contributed by atoms with Crippen LogP contribution in [0.1, 0.15) is 16.1 Å². The van der Waals surface area contributed by atoms with Gasteiger partial charge in [0.05, 0.1) is 5.56 Å². The molecule has 2 rings (SSSR count). The largest absolute Gasteiger partial charge is 0.290 e. The van der Waals surface area contributed by atoms with E-state index in [1.54, 1.807) is 6.92 Å². The molecule has 0 radical (unpaired) electrons. The highest BCUT2D eigenvalue weighted by molar-refractivity contribution is 6.29. The van der Waals surface area contributed by atoms with E-state index in [4.69, 9.17) is 11.6 Å². The van der Waals surface area contributed by atoms with Crippen molar-refractivity contribution in [1.29, 1.82) is 0 Å². The van der Waals surface area contributed by atoms with E-state index in [9.17, 15) is 13.6 Å². The van der Waals surface area contributed by atoms with Crippen LogP contribution in [-0.4, -0.2) is 15.9 Å². The second-order valence-electron chi connectivity index (χ2n) is 3.73. The second kappa shape index (κ2) is 5.27. The molecule has 19 heavy (non-hydrogen) atoms. The Labute approximate surface area is 112 Å². The lowest BCUT2D eigenvalue weighted by Crippen LogP contribution is -2.16. The Bertz CT molecular complexity index is 629. The Balaban J connectivity index is 2.25. The van der Waals surface area contributed by atoms with Crippen molar-refractivity contribution >= 4 is 23.5 Å². The zero-order valence-electron chi connectivity index (χ0n) is 9.75. The molecule has 1 aromatic heterocycles. The maximum Gasteiger partial charge on any atom is 0.260 e. The van der Waals surface area contributed by atoms with Gasteiger partial charge in [-0.2, -0.15) is 0 Å². The van der Waals surface area contributed by atoms with Crippen molar-refractivity contribution in [3.63, 3.8) is 0 Å². The van der Waals surface area contributed by atoms with E-state index in [2.05, 4.69) is 15.3 Å². The predicted octanol–water partition coefficient (Wildman–Crippen LogP) is 2.97. The number of rotatable bonds is 2. The molecule has 0 unspecified atom stereocenters. The van der Waals surface area contributed by atoms with Gasteiger partial charge in [0.25, 0.3) is 5.91 Å². The van der Waals surface area contributed by atoms with Crippen molar-refractivity contribution < 1.29 is 13.6 Å². The first-order valence-corrected chi connectivity index (χ1v) is 5.61. The molecule has 0 saturated carbocycles. The number of halogens is 3. The minimum absolute atomic E-state index is 0.0428. The lowest BCUT2D eigenvalue weighted by Gasteiger charge is -2.05. The van der Waals surface area contributed by atoms with Gasteiger partial charge in [-0.1, -0.05) is 11.6 Å². The van der Waals surface area contributed by atoms with Gasteiger partial charge in [0.2, 0.25) is 5.95 Å². The molecule has 0 fully saturated rings. The minimum atomic E-state index is -0.962. The number of hydrogen-bond donors (Lipinski definition) is 1. The van der Waals surface area contributed by atoms with E-state index >= 15 is 0 Å². The molecule has 0 aliphatic heterocycles. The van der Waals surface area contributed by atoms with E-state index in [0.717, 1.165) is 12.1 Å². The molecule has 0 spiro atoms. The maximum absolute atomic E-state index is 13.4. The van der Waals surface area contributed by atoms with Crippen LogP contribution in [0.2, 0.25) is 5.15 Å². The zero-order chi connectivity index (χ0) is 14.0. The summed E-state index contributed by atoms with van der Waals surface area (Å²) in [7, 11) is 0. The third-order valence-electron chi connectivity index (χ3n) is 2.22. The first-order chi connectivity index (χ1) is 8.95. The highest BCUT2D eigenvalue weighted by Gasteiger charge is 2.14. The van der Waals surface area contributed by atoms with Crippen LogP contribution in [0.5, 0.6) is 0 Å². The number of nitrogens with zero attached hydrogens (tertiary/aromatic N) is 2. The van der Waals surface area contributed by atoms with Crippen LogP contribution in [0.15, 0.2) is 24.3 Å². The second-order valence-corrected chi connectivity index (χ2v) is 4.12. The molecule has 1 heterocycles. The summed E-state index contributed by atoms with van der Waals surface area (Å²) in [6, 6.07) is 4.16. The van der Waals surface area contributed by atoms with Crippen LogP contribution in [0.4, 0.5) is 14.7 Å². The first-order valence-electron chi connectivity index (χ1n) is 5.23. The number of hydrogen-bond acceptors (Lipinski definition) is 3. The monoisotopic (exact) mass is 283 g/mol. The first kappa shape index (κ1) is 13.4. The van der Waals surface area contributed by atoms with E-state index in [1.165, 1.54) is 6.07 Å². The number of nitrogens with one attached hydrogen (secondary N) is 1. The number of benzene rings is 1. The molecule has 0 aliphatic carbocycles. The average molecular weight is 284 g/mol. The number of aromatic nitrogens is 2. The van der Waals surface area contributed by atoms with Gasteiger partial charge >= 0.3 is 0 Å². The lowest BCUT2D eigenvalue weighted by atomic mass is 10.2. The Hall–Kier alpha value is -2.08. The molecule has 0 aliphatic rings. The van der Waals surface area contributed by atoms with Crippen molar-refractivity contribution in [3.05, 3.63) is 52.3 Å². The highest BCUT2D eigenvalue weighted by Crippen LogP contribution is 2.13. The summed E-state index contributed by atoms with van der Waals surface area (Å²) in [6.07, 6.45) is 0. The van der Waals surface area contributed by atoms with Crippen molar-refractivity contribution in [2.24, 2.45) is 0 Å². The fraction of sp³-hybridized carbons (Fsp3) is 0.0833. The summed E-state index contributed by atoms with van der Waals surface area (Å²) in [4.78, 5) is 19.5. The van der Waals surface area contributed by atoms with Crippen LogP contribution in [0.3, 0.4) is 0 Å². The van der Waals surface area contributed by atoms with Gasteiger partial charge in [-0.15, -0.1) is 0 Å². The number of carbonyl (C=O) groups excluding carboxylic acids is 1. The molecular weight excluding hydrogens is 276 g/mol. The Kier molecular flexibility index (Phi) is 3.71. The van der Waals surface area contributed by atoms with Crippen molar-refractivity contribution in [2.75, 3.05) is 5.32 Å². The van der Waals surface area contributed by atoms with Gasteiger partial charge < -0.3 is 0 Å². The van der Waals surface area contributed by atoms with Crippen LogP contribution in [0, 0.1) is 18.6 Å². The van der Waals surface area contributed by atoms with Crippen molar-refractivity contribution in [1.82, 2.24) is 9.97 Å². The van der Waals surface area contributed by atoms with Gasteiger partial charge in [-0.25, -0.2) is 18.7 Å². The van der Waals surface area contributed by atoms with E-state index < -0.39 is 17.5 Å². The topological polar surface area (TPSA) is 54.9 Å². The molecule has 4 nitrogen and oxygen atoms in total. The minimum Gasteiger partial charge on any atom is -0.290 e. The van der Waals surface area contributed by atoms with Crippen LogP contribution >= 0.6 is 11.6 Å². The van der Waals surface area contributed by atoms with Crippen LogP contribution in [0.25, 0.3) is 0 Å². The lowest BCUT2D eigenvalue weighted by molar-refractivity contribution is 0.102. The third kappa shape index (κ3) is 3.23. The molecular formula is C12H8ClF2N3O. The van der Waals surface area contributed by atoms with E-state index in [-0.39, 0.29) is 16.7 Å². The SMILES string of the molecule is Cc1cc(Cl)nc(NC(=O)c2ccc(F)cc2F)n1. The van der Waals surface area contributed by atoms with Gasteiger partial charge in [0.1, 0.15) is 16.8 Å². The molecule has 98 valence electrons. The smallest absolute Gasteiger partial charge is 0.260 e. The number of carbonyl (C=O) groups is 1.